The van der Waals surface area contributed by atoms with Gasteiger partial charge in [-0.2, -0.15) is 5.10 Å². The highest BCUT2D eigenvalue weighted by Gasteiger charge is 2.04. The predicted molar refractivity (Wildman–Crippen MR) is 106 cm³/mol. The zero-order chi connectivity index (χ0) is 17.6. The SMILES string of the molecule is CCOc1ccc(/C=N/Nc2nc(-c3ccc(Br)cc3)cs2)cc1O. The molecule has 2 aromatic carbocycles. The molecule has 1 heterocycles. The van der Waals surface area contributed by atoms with E-state index in [4.69, 9.17) is 4.74 Å². The molecule has 3 rings (SSSR count). The number of nitrogens with zero attached hydrogens (tertiary/aromatic N) is 2. The second-order valence-corrected chi connectivity index (χ2v) is 6.85. The predicted octanol–water partition coefficient (Wildman–Crippen LogP) is 5.12. The first-order chi connectivity index (χ1) is 12.2. The Morgan fingerprint density at radius 2 is 2.08 bits per heavy atom. The van der Waals surface area contributed by atoms with Gasteiger partial charge < -0.3 is 9.84 Å². The number of halogens is 1. The maximum Gasteiger partial charge on any atom is 0.203 e. The fourth-order valence-corrected chi connectivity index (χ4v) is 3.07. The molecule has 0 amide bonds. The van der Waals surface area contributed by atoms with Crippen molar-refractivity contribution in [3.8, 4) is 22.8 Å². The van der Waals surface area contributed by atoms with Gasteiger partial charge in [0, 0.05) is 15.4 Å². The number of aromatic hydroxyl groups is 1. The third kappa shape index (κ3) is 4.58. The molecule has 0 radical (unpaired) electrons. The summed E-state index contributed by atoms with van der Waals surface area (Å²) >= 11 is 4.90. The molecule has 0 unspecified atom stereocenters. The minimum absolute atomic E-state index is 0.0950. The third-order valence-corrected chi connectivity index (χ3v) is 4.58. The second kappa shape index (κ2) is 8.13. The zero-order valence-electron chi connectivity index (χ0n) is 13.4. The van der Waals surface area contributed by atoms with Crippen LogP contribution in [0.3, 0.4) is 0 Å². The van der Waals surface area contributed by atoms with Crippen LogP contribution in [0.25, 0.3) is 11.3 Å². The summed E-state index contributed by atoms with van der Waals surface area (Å²) < 4.78 is 6.33. The van der Waals surface area contributed by atoms with Crippen molar-refractivity contribution in [1.82, 2.24) is 4.98 Å². The summed E-state index contributed by atoms with van der Waals surface area (Å²) in [4.78, 5) is 4.51. The number of thiazole rings is 1. The van der Waals surface area contributed by atoms with Crippen LogP contribution in [0.5, 0.6) is 11.5 Å². The van der Waals surface area contributed by atoms with Gasteiger partial charge in [-0.15, -0.1) is 11.3 Å². The first-order valence-corrected chi connectivity index (χ1v) is 9.29. The van der Waals surface area contributed by atoms with Gasteiger partial charge in [-0.05, 0) is 42.8 Å². The molecule has 3 aromatic rings. The van der Waals surface area contributed by atoms with Crippen molar-refractivity contribution >= 4 is 38.6 Å². The van der Waals surface area contributed by atoms with Gasteiger partial charge in [0.2, 0.25) is 5.13 Å². The van der Waals surface area contributed by atoms with E-state index in [0.29, 0.717) is 17.5 Å². The van der Waals surface area contributed by atoms with Crippen LogP contribution in [0.2, 0.25) is 0 Å². The summed E-state index contributed by atoms with van der Waals surface area (Å²) in [6, 6.07) is 13.1. The number of ether oxygens (including phenoxy) is 1. The lowest BCUT2D eigenvalue weighted by Crippen LogP contribution is -1.93. The van der Waals surface area contributed by atoms with E-state index < -0.39 is 0 Å². The quantitative estimate of drug-likeness (QED) is 0.431. The average molecular weight is 418 g/mol. The molecule has 0 bridgehead atoms. The standard InChI is InChI=1S/C18H16BrN3O2S/c1-2-24-17-8-3-12(9-16(17)23)10-20-22-18-21-15(11-25-18)13-4-6-14(19)7-5-13/h3-11,23H,2H2,1H3,(H,21,22)/b20-10+. The number of nitrogens with one attached hydrogen (secondary N) is 1. The Bertz CT molecular complexity index is 878. The molecule has 0 fully saturated rings. The molecule has 0 aliphatic heterocycles. The van der Waals surface area contributed by atoms with E-state index in [0.717, 1.165) is 21.3 Å². The van der Waals surface area contributed by atoms with Crippen molar-refractivity contribution in [2.75, 3.05) is 12.0 Å². The molecule has 0 saturated carbocycles. The van der Waals surface area contributed by atoms with Gasteiger partial charge in [0.1, 0.15) is 0 Å². The second-order valence-electron chi connectivity index (χ2n) is 5.07. The average Bonchev–Trinajstić information content (AvgIpc) is 3.07. The van der Waals surface area contributed by atoms with E-state index in [1.807, 2.05) is 42.6 Å². The number of anilines is 1. The first kappa shape index (κ1) is 17.4. The molecule has 5 nitrogen and oxygen atoms in total. The molecule has 0 aliphatic rings. The van der Waals surface area contributed by atoms with Gasteiger partial charge in [-0.3, -0.25) is 5.43 Å². The zero-order valence-corrected chi connectivity index (χ0v) is 15.8. The Labute approximate surface area is 158 Å². The van der Waals surface area contributed by atoms with E-state index in [-0.39, 0.29) is 5.75 Å². The molecule has 25 heavy (non-hydrogen) atoms. The molecule has 7 heteroatoms. The van der Waals surface area contributed by atoms with Crippen LogP contribution in [-0.4, -0.2) is 22.9 Å². The third-order valence-electron chi connectivity index (χ3n) is 3.30. The lowest BCUT2D eigenvalue weighted by atomic mass is 10.2. The van der Waals surface area contributed by atoms with Gasteiger partial charge in [-0.1, -0.05) is 28.1 Å². The number of phenols is 1. The first-order valence-electron chi connectivity index (χ1n) is 7.62. The largest absolute Gasteiger partial charge is 0.504 e. The van der Waals surface area contributed by atoms with Gasteiger partial charge in [0.25, 0.3) is 0 Å². The Balaban J connectivity index is 1.65. The minimum Gasteiger partial charge on any atom is -0.504 e. The number of benzene rings is 2. The van der Waals surface area contributed by atoms with Crippen molar-refractivity contribution in [3.63, 3.8) is 0 Å². The molecule has 128 valence electrons. The molecule has 0 atom stereocenters. The van der Waals surface area contributed by atoms with Crippen LogP contribution in [0.1, 0.15) is 12.5 Å². The van der Waals surface area contributed by atoms with Crippen molar-refractivity contribution in [2.45, 2.75) is 6.92 Å². The fraction of sp³-hybridized carbons (Fsp3) is 0.111. The van der Waals surface area contributed by atoms with Gasteiger partial charge in [-0.25, -0.2) is 4.98 Å². The maximum atomic E-state index is 9.87. The van der Waals surface area contributed by atoms with Crippen LogP contribution in [0.15, 0.2) is 57.4 Å². The van der Waals surface area contributed by atoms with E-state index in [1.54, 1.807) is 18.3 Å². The number of rotatable bonds is 6. The number of phenolic OH excluding ortho intramolecular Hbond substituents is 1. The van der Waals surface area contributed by atoms with Gasteiger partial charge in [0.05, 0.1) is 18.5 Å². The summed E-state index contributed by atoms with van der Waals surface area (Å²) in [7, 11) is 0. The summed E-state index contributed by atoms with van der Waals surface area (Å²) in [6.07, 6.45) is 1.62. The highest BCUT2D eigenvalue weighted by molar-refractivity contribution is 9.10. The van der Waals surface area contributed by atoms with Crippen LogP contribution in [0, 0.1) is 0 Å². The summed E-state index contributed by atoms with van der Waals surface area (Å²) in [5.41, 5.74) is 5.62. The Kier molecular flexibility index (Phi) is 5.67. The van der Waals surface area contributed by atoms with E-state index in [9.17, 15) is 5.11 Å². The molecule has 0 aliphatic carbocycles. The van der Waals surface area contributed by atoms with Gasteiger partial charge >= 0.3 is 0 Å². The van der Waals surface area contributed by atoms with Crippen molar-refractivity contribution in [1.29, 1.82) is 0 Å². The summed E-state index contributed by atoms with van der Waals surface area (Å²) in [5, 5.41) is 16.7. The molecule has 1 aromatic heterocycles. The lowest BCUT2D eigenvalue weighted by molar-refractivity contribution is 0.318. The molecule has 0 saturated heterocycles. The Morgan fingerprint density at radius 1 is 1.28 bits per heavy atom. The monoisotopic (exact) mass is 417 g/mol. The van der Waals surface area contributed by atoms with E-state index >= 15 is 0 Å². The summed E-state index contributed by atoms with van der Waals surface area (Å²) in [5.74, 6) is 0.559. The maximum absolute atomic E-state index is 9.87. The number of hydrogen-bond donors (Lipinski definition) is 2. The number of hydrazone groups is 1. The molecule has 0 spiro atoms. The number of hydrogen-bond acceptors (Lipinski definition) is 6. The van der Waals surface area contributed by atoms with Gasteiger partial charge in [0.15, 0.2) is 11.5 Å². The topological polar surface area (TPSA) is 66.7 Å². The number of aromatic nitrogens is 1. The smallest absolute Gasteiger partial charge is 0.203 e. The van der Waals surface area contributed by atoms with Crippen LogP contribution in [0.4, 0.5) is 5.13 Å². The Hall–Kier alpha value is -2.38. The normalized spacial score (nSPS) is 11.0. The fourth-order valence-electron chi connectivity index (χ4n) is 2.13. The minimum atomic E-state index is 0.0950. The van der Waals surface area contributed by atoms with Crippen LogP contribution in [-0.2, 0) is 0 Å². The highest BCUT2D eigenvalue weighted by atomic mass is 79.9. The van der Waals surface area contributed by atoms with E-state index in [2.05, 4.69) is 31.4 Å². The van der Waals surface area contributed by atoms with Crippen molar-refractivity contribution in [2.24, 2.45) is 5.10 Å². The lowest BCUT2D eigenvalue weighted by Gasteiger charge is -2.05. The molecular formula is C18H16BrN3O2S. The van der Waals surface area contributed by atoms with Crippen molar-refractivity contribution in [3.05, 3.63) is 57.9 Å². The Morgan fingerprint density at radius 3 is 2.80 bits per heavy atom. The van der Waals surface area contributed by atoms with Crippen LogP contribution >= 0.6 is 27.3 Å². The molecule has 2 N–H and O–H groups in total. The summed E-state index contributed by atoms with van der Waals surface area (Å²) in [6.45, 7) is 2.38. The molecular weight excluding hydrogens is 402 g/mol. The van der Waals surface area contributed by atoms with E-state index in [1.165, 1.54) is 11.3 Å². The highest BCUT2D eigenvalue weighted by Crippen LogP contribution is 2.27. The van der Waals surface area contributed by atoms with Crippen molar-refractivity contribution < 1.29 is 9.84 Å². The van der Waals surface area contributed by atoms with Crippen LogP contribution < -0.4 is 10.2 Å².